The van der Waals surface area contributed by atoms with Gasteiger partial charge in [0.25, 0.3) is 5.60 Å². The zero-order valence-corrected chi connectivity index (χ0v) is 12.7. The molecule has 3 rings (SSSR count). The van der Waals surface area contributed by atoms with Gasteiger partial charge in [0, 0.05) is 16.1 Å². The van der Waals surface area contributed by atoms with Gasteiger partial charge in [0.2, 0.25) is 0 Å². The Morgan fingerprint density at radius 2 is 1.71 bits per heavy atom. The number of ether oxygens (including phenoxy) is 1. The molecule has 1 heterocycles. The molecule has 0 aliphatic carbocycles. The Hall–Kier alpha value is -2.47. The summed E-state index contributed by atoms with van der Waals surface area (Å²) in [4.78, 5) is 11.6. The van der Waals surface area contributed by atoms with Gasteiger partial charge < -0.3 is 9.84 Å². The van der Waals surface area contributed by atoms with Gasteiger partial charge in [0.15, 0.2) is 0 Å². The van der Waals surface area contributed by atoms with Crippen LogP contribution in [0.25, 0.3) is 6.08 Å². The minimum Gasteiger partial charge on any atom is -0.478 e. The molecule has 3 nitrogen and oxygen atoms in total. The predicted octanol–water partition coefficient (Wildman–Crippen LogP) is 4.66. The van der Waals surface area contributed by atoms with Gasteiger partial charge in [-0.15, -0.1) is 0 Å². The second-order valence-corrected chi connectivity index (χ2v) is 5.57. The van der Waals surface area contributed by atoms with Crippen LogP contribution in [-0.2, 0) is 10.4 Å². The van der Waals surface area contributed by atoms with Crippen molar-refractivity contribution in [2.75, 3.05) is 0 Å². The Labute approximate surface area is 139 Å². The fraction of sp³-hybridized carbons (Fsp3) is 0.118. The maximum Gasteiger partial charge on any atom is 0.437 e. The van der Waals surface area contributed by atoms with Crippen molar-refractivity contribution in [1.82, 2.24) is 0 Å². The molecule has 7 heteroatoms. The van der Waals surface area contributed by atoms with Crippen LogP contribution in [0.5, 0.6) is 5.75 Å². The molecule has 2 aromatic rings. The zero-order valence-electron chi connectivity index (χ0n) is 12.0. The molecule has 0 radical (unpaired) electrons. The molecule has 0 saturated heterocycles. The van der Waals surface area contributed by atoms with Gasteiger partial charge in [-0.2, -0.15) is 13.2 Å². The molecule has 0 amide bonds. The Morgan fingerprint density at radius 3 is 2.33 bits per heavy atom. The van der Waals surface area contributed by atoms with Crippen molar-refractivity contribution in [3.05, 3.63) is 70.3 Å². The SMILES string of the molecule is O=C(O)C1=Cc2ccccc2OC1(c1ccccc1Cl)C(F)(F)F. The third-order valence-electron chi connectivity index (χ3n) is 3.74. The predicted molar refractivity (Wildman–Crippen MR) is 81.9 cm³/mol. The van der Waals surface area contributed by atoms with E-state index in [9.17, 15) is 23.1 Å². The van der Waals surface area contributed by atoms with E-state index in [2.05, 4.69) is 0 Å². The summed E-state index contributed by atoms with van der Waals surface area (Å²) in [6.45, 7) is 0. The number of para-hydroxylation sites is 1. The number of halogens is 4. The Balaban J connectivity index is 2.38. The van der Waals surface area contributed by atoms with Crippen LogP contribution in [0.1, 0.15) is 11.1 Å². The summed E-state index contributed by atoms with van der Waals surface area (Å²) in [5.74, 6) is -1.80. The number of rotatable bonds is 2. The number of fused-ring (bicyclic) bond motifs is 1. The standard InChI is InChI=1S/C17H10ClF3O3/c18-13-7-3-2-6-11(13)16(17(19,20)21)12(15(22)23)9-10-5-1-4-8-14(10)24-16/h1-9H,(H,22,23). The van der Waals surface area contributed by atoms with Gasteiger partial charge in [-0.3, -0.25) is 0 Å². The van der Waals surface area contributed by atoms with E-state index in [1.165, 1.54) is 36.4 Å². The molecule has 1 aliphatic rings. The smallest absolute Gasteiger partial charge is 0.437 e. The zero-order chi connectivity index (χ0) is 17.5. The summed E-state index contributed by atoms with van der Waals surface area (Å²) < 4.78 is 47.5. The highest BCUT2D eigenvalue weighted by atomic mass is 35.5. The van der Waals surface area contributed by atoms with E-state index in [0.717, 1.165) is 12.1 Å². The summed E-state index contributed by atoms with van der Waals surface area (Å²) in [6, 6.07) is 11.1. The maximum absolute atomic E-state index is 14.1. The Bertz CT molecular complexity index is 845. The average Bonchev–Trinajstić information content (AvgIpc) is 2.52. The molecular weight excluding hydrogens is 345 g/mol. The molecule has 1 atom stereocenters. The van der Waals surface area contributed by atoms with Gasteiger partial charge in [-0.1, -0.05) is 48.0 Å². The highest BCUT2D eigenvalue weighted by molar-refractivity contribution is 6.31. The summed E-state index contributed by atoms with van der Waals surface area (Å²) in [7, 11) is 0. The van der Waals surface area contributed by atoms with Crippen LogP contribution >= 0.6 is 11.6 Å². The van der Waals surface area contributed by atoms with Crippen LogP contribution in [0.4, 0.5) is 13.2 Å². The van der Waals surface area contributed by atoms with Crippen molar-refractivity contribution >= 4 is 23.6 Å². The van der Waals surface area contributed by atoms with Gasteiger partial charge >= 0.3 is 12.1 Å². The van der Waals surface area contributed by atoms with Gasteiger partial charge in [-0.25, -0.2) is 4.79 Å². The quantitative estimate of drug-likeness (QED) is 0.853. The van der Waals surface area contributed by atoms with Crippen molar-refractivity contribution < 1.29 is 27.8 Å². The normalized spacial score (nSPS) is 19.9. The first-order valence-corrected chi connectivity index (χ1v) is 7.20. The fourth-order valence-electron chi connectivity index (χ4n) is 2.69. The lowest BCUT2D eigenvalue weighted by atomic mass is 9.82. The number of alkyl halides is 3. The average molecular weight is 355 g/mol. The first kappa shape index (κ1) is 16.4. The van der Waals surface area contributed by atoms with Gasteiger partial charge in [-0.05, 0) is 18.2 Å². The number of carboxylic acid groups (broad SMARTS) is 1. The molecular formula is C17H10ClF3O3. The third kappa shape index (κ3) is 2.34. The van der Waals surface area contributed by atoms with Gasteiger partial charge in [0.05, 0.1) is 5.57 Å². The summed E-state index contributed by atoms with van der Waals surface area (Å²) in [5, 5.41) is 9.19. The van der Waals surface area contributed by atoms with Crippen molar-refractivity contribution in [2.45, 2.75) is 11.8 Å². The minimum absolute atomic E-state index is 0.0697. The van der Waals surface area contributed by atoms with E-state index >= 15 is 0 Å². The molecule has 1 N–H and O–H groups in total. The maximum atomic E-state index is 14.1. The van der Waals surface area contributed by atoms with E-state index in [1.54, 1.807) is 6.07 Å². The lowest BCUT2D eigenvalue weighted by Gasteiger charge is -2.40. The van der Waals surface area contributed by atoms with Crippen LogP contribution in [0.2, 0.25) is 5.02 Å². The van der Waals surface area contributed by atoms with Crippen LogP contribution in [0.15, 0.2) is 54.1 Å². The molecule has 1 unspecified atom stereocenters. The van der Waals surface area contributed by atoms with Gasteiger partial charge in [0.1, 0.15) is 5.75 Å². The van der Waals surface area contributed by atoms with E-state index in [4.69, 9.17) is 16.3 Å². The van der Waals surface area contributed by atoms with Crippen LogP contribution in [-0.4, -0.2) is 17.3 Å². The van der Waals surface area contributed by atoms with Crippen molar-refractivity contribution in [1.29, 1.82) is 0 Å². The second-order valence-electron chi connectivity index (χ2n) is 5.16. The number of aliphatic carboxylic acids is 1. The first-order valence-electron chi connectivity index (χ1n) is 6.82. The largest absolute Gasteiger partial charge is 0.478 e. The topological polar surface area (TPSA) is 46.5 Å². The van der Waals surface area contributed by atoms with E-state index in [-0.39, 0.29) is 16.3 Å². The summed E-state index contributed by atoms with van der Waals surface area (Å²) >= 11 is 5.95. The number of hydrogen-bond acceptors (Lipinski definition) is 2. The highest BCUT2D eigenvalue weighted by Gasteiger charge is 2.65. The molecule has 1 aliphatic heterocycles. The molecule has 2 aromatic carbocycles. The fourth-order valence-corrected chi connectivity index (χ4v) is 2.96. The first-order chi connectivity index (χ1) is 11.3. The van der Waals surface area contributed by atoms with Crippen LogP contribution in [0, 0.1) is 0 Å². The number of carboxylic acids is 1. The molecule has 0 aromatic heterocycles. The molecule has 0 fully saturated rings. The summed E-state index contributed by atoms with van der Waals surface area (Å²) in [6.07, 6.45) is -4.08. The Kier molecular flexibility index (Phi) is 3.80. The molecule has 124 valence electrons. The number of hydrogen-bond donors (Lipinski definition) is 1. The lowest BCUT2D eigenvalue weighted by molar-refractivity contribution is -0.240. The van der Waals surface area contributed by atoms with E-state index < -0.39 is 28.9 Å². The molecule has 0 bridgehead atoms. The highest BCUT2D eigenvalue weighted by Crippen LogP contribution is 2.53. The van der Waals surface area contributed by atoms with E-state index in [1.807, 2.05) is 0 Å². The van der Waals surface area contributed by atoms with Crippen molar-refractivity contribution in [3.63, 3.8) is 0 Å². The van der Waals surface area contributed by atoms with Crippen LogP contribution < -0.4 is 4.74 Å². The minimum atomic E-state index is -5.05. The monoisotopic (exact) mass is 354 g/mol. The van der Waals surface area contributed by atoms with Crippen molar-refractivity contribution in [2.24, 2.45) is 0 Å². The second kappa shape index (κ2) is 5.56. The van der Waals surface area contributed by atoms with Crippen molar-refractivity contribution in [3.8, 4) is 5.75 Å². The molecule has 24 heavy (non-hydrogen) atoms. The number of benzene rings is 2. The molecule has 0 spiro atoms. The van der Waals surface area contributed by atoms with E-state index in [0.29, 0.717) is 0 Å². The number of carbonyl (C=O) groups is 1. The molecule has 0 saturated carbocycles. The summed E-state index contributed by atoms with van der Waals surface area (Å²) in [5.41, 5.74) is -4.35. The Morgan fingerprint density at radius 1 is 1.08 bits per heavy atom. The van der Waals surface area contributed by atoms with Crippen LogP contribution in [0.3, 0.4) is 0 Å². The third-order valence-corrected chi connectivity index (χ3v) is 4.07. The lowest BCUT2D eigenvalue weighted by Crippen LogP contribution is -2.52.